The number of imidazole rings is 2. The minimum atomic E-state index is -0.535. The van der Waals surface area contributed by atoms with Crippen LogP contribution in [0.4, 0.5) is 5.82 Å². The molecule has 0 radical (unpaired) electrons. The third-order valence-electron chi connectivity index (χ3n) is 3.29. The summed E-state index contributed by atoms with van der Waals surface area (Å²) in [6.07, 6.45) is 1.14. The topological polar surface area (TPSA) is 87.9 Å². The van der Waals surface area contributed by atoms with E-state index in [0.717, 1.165) is 11.7 Å². The summed E-state index contributed by atoms with van der Waals surface area (Å²) < 4.78 is 4.13. The van der Waals surface area contributed by atoms with Crippen LogP contribution in [0.2, 0.25) is 0 Å². The Labute approximate surface area is 112 Å². The summed E-state index contributed by atoms with van der Waals surface area (Å²) in [5.41, 5.74) is 1.10. The Bertz CT molecular complexity index is 886. The molecule has 0 aliphatic rings. The molecule has 0 saturated heterocycles. The fraction of sp³-hybridized carbons (Fsp3) is 0.167. The Morgan fingerprint density at radius 2 is 1.80 bits per heavy atom. The van der Waals surface area contributed by atoms with E-state index in [2.05, 4.69) is 4.98 Å². The summed E-state index contributed by atoms with van der Waals surface area (Å²) in [5.74, 6) is 0.0540. The predicted octanol–water partition coefficient (Wildman–Crippen LogP) is 0.971. The number of para-hydroxylation sites is 2. The molecule has 3 rings (SSSR count). The smallest absolute Gasteiger partial charge is 0.344 e. The molecular weight excluding hydrogens is 262 g/mol. The monoisotopic (exact) mass is 273 g/mol. The lowest BCUT2D eigenvalue weighted by Crippen LogP contribution is -2.23. The van der Waals surface area contributed by atoms with E-state index in [0.29, 0.717) is 5.52 Å². The van der Waals surface area contributed by atoms with Gasteiger partial charge in [0.05, 0.1) is 18.1 Å². The minimum absolute atomic E-state index is 0.167. The minimum Gasteiger partial charge on any atom is -0.358 e. The van der Waals surface area contributed by atoms with Crippen molar-refractivity contribution in [1.82, 2.24) is 18.7 Å². The van der Waals surface area contributed by atoms with Gasteiger partial charge in [-0.25, -0.2) is 9.36 Å². The predicted molar refractivity (Wildman–Crippen MR) is 71.9 cm³/mol. The fourth-order valence-corrected chi connectivity index (χ4v) is 2.25. The summed E-state index contributed by atoms with van der Waals surface area (Å²) >= 11 is 0. The van der Waals surface area contributed by atoms with Crippen LogP contribution in [0.15, 0.2) is 35.3 Å². The van der Waals surface area contributed by atoms with Gasteiger partial charge in [-0.1, -0.05) is 12.1 Å². The van der Waals surface area contributed by atoms with Crippen LogP contribution >= 0.6 is 0 Å². The van der Waals surface area contributed by atoms with Crippen molar-refractivity contribution in [3.05, 3.63) is 51.1 Å². The third kappa shape index (κ3) is 1.48. The molecule has 0 aliphatic carbocycles. The number of benzene rings is 1. The quantitative estimate of drug-likeness (QED) is 0.514. The molecule has 1 aromatic carbocycles. The summed E-state index contributed by atoms with van der Waals surface area (Å²) in [7, 11) is 3.16. The third-order valence-corrected chi connectivity index (χ3v) is 3.29. The van der Waals surface area contributed by atoms with Gasteiger partial charge in [0.2, 0.25) is 0 Å². The molecular formula is C12H11N5O3. The van der Waals surface area contributed by atoms with Crippen LogP contribution in [0.25, 0.3) is 17.0 Å². The Morgan fingerprint density at radius 1 is 1.15 bits per heavy atom. The molecule has 0 aliphatic heterocycles. The van der Waals surface area contributed by atoms with Crippen LogP contribution in [0.1, 0.15) is 0 Å². The highest BCUT2D eigenvalue weighted by molar-refractivity contribution is 5.77. The second-order valence-corrected chi connectivity index (χ2v) is 4.40. The maximum absolute atomic E-state index is 12.3. The molecule has 3 aromatic rings. The Morgan fingerprint density at radius 3 is 2.40 bits per heavy atom. The molecule has 0 bridgehead atoms. The fourth-order valence-electron chi connectivity index (χ4n) is 2.25. The number of nitro groups is 1. The van der Waals surface area contributed by atoms with Gasteiger partial charge < -0.3 is 10.1 Å². The Kier molecular flexibility index (Phi) is 2.46. The second-order valence-electron chi connectivity index (χ2n) is 4.40. The molecule has 8 heteroatoms. The zero-order valence-electron chi connectivity index (χ0n) is 10.8. The van der Waals surface area contributed by atoms with E-state index in [-0.39, 0.29) is 17.5 Å². The average molecular weight is 273 g/mol. The van der Waals surface area contributed by atoms with Gasteiger partial charge in [0.25, 0.3) is 0 Å². The average Bonchev–Trinajstić information content (AvgIpc) is 2.91. The normalized spacial score (nSPS) is 11.1. The van der Waals surface area contributed by atoms with Crippen molar-refractivity contribution < 1.29 is 4.92 Å². The summed E-state index contributed by atoms with van der Waals surface area (Å²) in [6, 6.07) is 7.21. The van der Waals surface area contributed by atoms with Crippen LogP contribution in [0.5, 0.6) is 0 Å². The lowest BCUT2D eigenvalue weighted by Gasteiger charge is -1.99. The molecule has 2 heterocycles. The maximum atomic E-state index is 12.3. The number of hydrogen-bond acceptors (Lipinski definition) is 4. The van der Waals surface area contributed by atoms with Crippen LogP contribution in [0.3, 0.4) is 0 Å². The Hall–Kier alpha value is -2.90. The highest BCUT2D eigenvalue weighted by atomic mass is 16.6. The van der Waals surface area contributed by atoms with Gasteiger partial charge in [0.15, 0.2) is 0 Å². The van der Waals surface area contributed by atoms with E-state index < -0.39 is 4.92 Å². The zero-order valence-corrected chi connectivity index (χ0v) is 10.8. The maximum Gasteiger partial charge on any atom is 0.344 e. The van der Waals surface area contributed by atoms with E-state index in [9.17, 15) is 14.9 Å². The van der Waals surface area contributed by atoms with E-state index in [4.69, 9.17) is 0 Å². The standard InChI is InChI=1S/C12H11N5O3/c1-14-8-5-3-4-6-9(8)16(12(14)18)11-13-7-10(15(11)2)17(19)20/h3-7H,1-2H3. The molecule has 0 amide bonds. The molecule has 102 valence electrons. The van der Waals surface area contributed by atoms with E-state index in [1.165, 1.54) is 20.7 Å². The Balaban J connectivity index is 2.39. The van der Waals surface area contributed by atoms with Crippen molar-refractivity contribution in [3.63, 3.8) is 0 Å². The number of aryl methyl sites for hydroxylation is 1. The largest absolute Gasteiger partial charge is 0.358 e. The first-order valence-corrected chi connectivity index (χ1v) is 5.85. The zero-order chi connectivity index (χ0) is 14.4. The molecule has 0 N–H and O–H groups in total. The molecule has 8 nitrogen and oxygen atoms in total. The molecule has 0 unspecified atom stereocenters. The number of aromatic nitrogens is 4. The van der Waals surface area contributed by atoms with Gasteiger partial charge in [-0.3, -0.25) is 4.57 Å². The molecule has 0 fully saturated rings. The number of fused-ring (bicyclic) bond motifs is 1. The van der Waals surface area contributed by atoms with Gasteiger partial charge in [-0.15, -0.1) is 0 Å². The van der Waals surface area contributed by atoms with E-state index in [1.807, 2.05) is 12.1 Å². The first-order valence-electron chi connectivity index (χ1n) is 5.85. The van der Waals surface area contributed by atoms with E-state index in [1.54, 1.807) is 19.2 Å². The number of nitrogens with zero attached hydrogens (tertiary/aromatic N) is 5. The lowest BCUT2D eigenvalue weighted by atomic mass is 10.3. The highest BCUT2D eigenvalue weighted by Crippen LogP contribution is 2.19. The highest BCUT2D eigenvalue weighted by Gasteiger charge is 2.22. The van der Waals surface area contributed by atoms with Gasteiger partial charge >= 0.3 is 17.5 Å². The van der Waals surface area contributed by atoms with Crippen molar-refractivity contribution in [2.45, 2.75) is 0 Å². The number of rotatable bonds is 2. The van der Waals surface area contributed by atoms with Gasteiger partial charge in [-0.05, 0) is 17.1 Å². The van der Waals surface area contributed by atoms with Crippen molar-refractivity contribution in [3.8, 4) is 5.95 Å². The summed E-state index contributed by atoms with van der Waals surface area (Å²) in [6.45, 7) is 0. The molecule has 0 spiro atoms. The van der Waals surface area contributed by atoms with Crippen LogP contribution < -0.4 is 5.69 Å². The van der Waals surface area contributed by atoms with Gasteiger partial charge in [-0.2, -0.15) is 9.55 Å². The number of hydrogen-bond donors (Lipinski definition) is 0. The van der Waals surface area contributed by atoms with Crippen LogP contribution in [-0.2, 0) is 14.1 Å². The summed E-state index contributed by atoms with van der Waals surface area (Å²) in [4.78, 5) is 26.7. The van der Waals surface area contributed by atoms with Crippen LogP contribution in [-0.4, -0.2) is 23.6 Å². The van der Waals surface area contributed by atoms with Crippen LogP contribution in [0, 0.1) is 10.1 Å². The van der Waals surface area contributed by atoms with Crippen molar-refractivity contribution >= 4 is 16.9 Å². The molecule has 0 saturated carbocycles. The molecule has 20 heavy (non-hydrogen) atoms. The van der Waals surface area contributed by atoms with Crippen molar-refractivity contribution in [1.29, 1.82) is 0 Å². The van der Waals surface area contributed by atoms with Crippen molar-refractivity contribution in [2.75, 3.05) is 0 Å². The van der Waals surface area contributed by atoms with Gasteiger partial charge in [0, 0.05) is 7.05 Å². The van der Waals surface area contributed by atoms with Gasteiger partial charge in [0.1, 0.15) is 6.20 Å². The molecule has 0 atom stereocenters. The van der Waals surface area contributed by atoms with E-state index >= 15 is 0 Å². The first-order chi connectivity index (χ1) is 9.52. The SMILES string of the molecule is Cn1c([N+](=O)[O-])cnc1-n1c(=O)n(C)c2ccccc21. The van der Waals surface area contributed by atoms with Crippen molar-refractivity contribution in [2.24, 2.45) is 14.1 Å². The lowest BCUT2D eigenvalue weighted by molar-refractivity contribution is -0.391. The first kappa shape index (κ1) is 12.2. The summed E-state index contributed by atoms with van der Waals surface area (Å²) in [5, 5.41) is 10.9. The molecule has 2 aromatic heterocycles. The second kappa shape index (κ2) is 4.05.